The van der Waals surface area contributed by atoms with E-state index in [2.05, 4.69) is 40.3 Å². The molecule has 1 saturated carbocycles. The number of rotatable bonds is 7. The topological polar surface area (TPSA) is 66.8 Å². The van der Waals surface area contributed by atoms with Crippen molar-refractivity contribution in [2.45, 2.75) is 91.5 Å². The molecule has 29 heavy (non-hydrogen) atoms. The van der Waals surface area contributed by atoms with E-state index < -0.39 is 18.4 Å². The predicted octanol–water partition coefficient (Wildman–Crippen LogP) is 5.06. The first-order valence-electron chi connectivity index (χ1n) is 11.2. The molecule has 0 saturated heterocycles. The average molecular weight is 403 g/mol. The molecule has 1 heterocycles. The number of fused-ring (bicyclic) bond motifs is 1. The van der Waals surface area contributed by atoms with Crippen molar-refractivity contribution in [3.63, 3.8) is 0 Å². The Balaban J connectivity index is 1.81. The van der Waals surface area contributed by atoms with E-state index in [1.807, 2.05) is 0 Å². The highest BCUT2D eigenvalue weighted by atomic mass is 16.6. The molecule has 0 radical (unpaired) electrons. The van der Waals surface area contributed by atoms with Gasteiger partial charge in [-0.05, 0) is 81.0 Å². The van der Waals surface area contributed by atoms with Crippen LogP contribution in [0.25, 0.3) is 0 Å². The zero-order valence-electron chi connectivity index (χ0n) is 18.5. The minimum atomic E-state index is -1.32. The second kappa shape index (κ2) is 8.39. The molecular weight excluding hydrogens is 364 g/mol. The lowest BCUT2D eigenvalue weighted by Crippen LogP contribution is -2.45. The van der Waals surface area contributed by atoms with Crippen LogP contribution in [0.15, 0.2) is 35.5 Å². The van der Waals surface area contributed by atoms with Crippen LogP contribution in [0.4, 0.5) is 0 Å². The monoisotopic (exact) mass is 402 g/mol. The Morgan fingerprint density at radius 1 is 1.38 bits per heavy atom. The van der Waals surface area contributed by atoms with Gasteiger partial charge in [0.1, 0.15) is 0 Å². The van der Waals surface area contributed by atoms with Crippen LogP contribution >= 0.6 is 0 Å². The van der Waals surface area contributed by atoms with Crippen LogP contribution in [0, 0.1) is 22.7 Å². The summed E-state index contributed by atoms with van der Waals surface area (Å²) in [6, 6.07) is 0. The predicted molar refractivity (Wildman–Crippen MR) is 115 cm³/mol. The summed E-state index contributed by atoms with van der Waals surface area (Å²) >= 11 is 0. The highest BCUT2D eigenvalue weighted by Crippen LogP contribution is 2.59. The van der Waals surface area contributed by atoms with E-state index in [0.717, 1.165) is 19.3 Å². The van der Waals surface area contributed by atoms with Gasteiger partial charge in [0, 0.05) is 11.6 Å². The van der Waals surface area contributed by atoms with Gasteiger partial charge in [-0.2, -0.15) is 0 Å². The van der Waals surface area contributed by atoms with E-state index in [1.165, 1.54) is 42.9 Å². The average Bonchev–Trinajstić information content (AvgIpc) is 2.97. The van der Waals surface area contributed by atoms with E-state index in [0.29, 0.717) is 23.8 Å². The second-order valence-corrected chi connectivity index (χ2v) is 10.3. The van der Waals surface area contributed by atoms with E-state index in [-0.39, 0.29) is 10.8 Å². The van der Waals surface area contributed by atoms with E-state index >= 15 is 0 Å². The summed E-state index contributed by atoms with van der Waals surface area (Å²) in [7, 11) is 0. The summed E-state index contributed by atoms with van der Waals surface area (Å²) in [6.45, 7) is 13.2. The van der Waals surface area contributed by atoms with Gasteiger partial charge in [-0.25, -0.2) is 4.79 Å². The van der Waals surface area contributed by atoms with Gasteiger partial charge in [0.15, 0.2) is 0 Å². The van der Waals surface area contributed by atoms with Crippen LogP contribution in [0.5, 0.6) is 0 Å². The maximum Gasteiger partial charge on any atom is 0.333 e. The third-order valence-corrected chi connectivity index (χ3v) is 8.08. The van der Waals surface area contributed by atoms with Crippen molar-refractivity contribution in [1.29, 1.82) is 0 Å². The minimum absolute atomic E-state index is 0.148. The molecule has 2 N–H and O–H groups in total. The van der Waals surface area contributed by atoms with Crippen molar-refractivity contribution in [3.05, 3.63) is 35.5 Å². The van der Waals surface area contributed by atoms with Gasteiger partial charge >= 0.3 is 5.97 Å². The molecule has 1 unspecified atom stereocenters. The summed E-state index contributed by atoms with van der Waals surface area (Å²) in [5.41, 5.74) is 3.18. The largest absolute Gasteiger partial charge is 0.429 e. The van der Waals surface area contributed by atoms with E-state index in [1.54, 1.807) is 0 Å². The van der Waals surface area contributed by atoms with Gasteiger partial charge in [0.2, 0.25) is 6.29 Å². The first-order chi connectivity index (χ1) is 13.6. The molecule has 3 aliphatic rings. The Morgan fingerprint density at radius 3 is 2.72 bits per heavy atom. The fraction of sp³-hybridized carbons (Fsp3) is 0.720. The maximum atomic E-state index is 11.5. The summed E-state index contributed by atoms with van der Waals surface area (Å²) in [4.78, 5) is 11.5. The first kappa shape index (κ1) is 22.3. The van der Waals surface area contributed by atoms with Crippen molar-refractivity contribution < 1.29 is 19.7 Å². The van der Waals surface area contributed by atoms with Crippen molar-refractivity contribution in [2.24, 2.45) is 22.7 Å². The van der Waals surface area contributed by atoms with Gasteiger partial charge in [-0.1, -0.05) is 38.0 Å². The lowest BCUT2D eigenvalue weighted by molar-refractivity contribution is -0.152. The number of carbonyl (C=O) groups is 1. The number of ether oxygens (including phenoxy) is 1. The highest BCUT2D eigenvalue weighted by molar-refractivity contribution is 5.85. The van der Waals surface area contributed by atoms with Crippen LogP contribution in [-0.4, -0.2) is 28.6 Å². The standard InChI is InChI=1S/C25H38O4/c1-16(2)8-6-12-24(4)13-7-9-20-19(24)11-10-17(3)25(20,5)15-21(26)18-14-22(27)29-23(18)28/h9,14,17,19,21,23,26,28H,1,6-8,10-13,15H2,2-5H3/t17-,19+,21+,23?,24+,25+/m1/s1. The van der Waals surface area contributed by atoms with Gasteiger partial charge in [0.05, 0.1) is 6.10 Å². The molecule has 3 rings (SSSR count). The van der Waals surface area contributed by atoms with Crippen LogP contribution in [0.2, 0.25) is 0 Å². The lowest BCUT2D eigenvalue weighted by Gasteiger charge is -2.54. The number of esters is 1. The normalized spacial score (nSPS) is 38.0. The number of aliphatic hydroxyl groups is 2. The van der Waals surface area contributed by atoms with Crippen LogP contribution in [0.1, 0.15) is 79.1 Å². The van der Waals surface area contributed by atoms with Crippen LogP contribution in [-0.2, 0) is 9.53 Å². The molecular formula is C25H38O4. The van der Waals surface area contributed by atoms with Gasteiger partial charge in [-0.15, -0.1) is 6.58 Å². The fourth-order valence-electron chi connectivity index (χ4n) is 6.02. The fourth-order valence-corrected chi connectivity index (χ4v) is 6.02. The molecule has 6 atom stereocenters. The number of hydrogen-bond donors (Lipinski definition) is 2. The molecule has 0 bridgehead atoms. The van der Waals surface area contributed by atoms with Gasteiger partial charge in [0.25, 0.3) is 0 Å². The van der Waals surface area contributed by atoms with Gasteiger partial charge in [-0.3, -0.25) is 0 Å². The molecule has 0 aromatic rings. The number of cyclic esters (lactones) is 1. The Kier molecular flexibility index (Phi) is 6.45. The molecule has 0 aromatic heterocycles. The lowest BCUT2D eigenvalue weighted by atomic mass is 9.50. The molecule has 1 aliphatic heterocycles. The van der Waals surface area contributed by atoms with Gasteiger partial charge < -0.3 is 14.9 Å². The summed E-state index contributed by atoms with van der Waals surface area (Å²) < 4.78 is 4.79. The van der Waals surface area contributed by atoms with Crippen molar-refractivity contribution in [1.82, 2.24) is 0 Å². The Hall–Kier alpha value is -1.39. The number of allylic oxidation sites excluding steroid dienone is 3. The molecule has 4 nitrogen and oxygen atoms in total. The number of hydrogen-bond acceptors (Lipinski definition) is 4. The first-order valence-corrected chi connectivity index (χ1v) is 11.2. The molecule has 1 fully saturated rings. The van der Waals surface area contributed by atoms with Crippen molar-refractivity contribution >= 4 is 5.97 Å². The van der Waals surface area contributed by atoms with E-state index in [9.17, 15) is 15.0 Å². The zero-order chi connectivity index (χ0) is 21.4. The zero-order valence-corrected chi connectivity index (χ0v) is 18.5. The third kappa shape index (κ3) is 4.39. The quantitative estimate of drug-likeness (QED) is 0.461. The summed E-state index contributed by atoms with van der Waals surface area (Å²) in [5.74, 6) is 0.400. The summed E-state index contributed by atoms with van der Waals surface area (Å²) in [6.07, 6.45) is 10.1. The van der Waals surface area contributed by atoms with Crippen LogP contribution in [0.3, 0.4) is 0 Å². The molecule has 2 aliphatic carbocycles. The Morgan fingerprint density at radius 2 is 2.10 bits per heavy atom. The van der Waals surface area contributed by atoms with Crippen molar-refractivity contribution in [2.75, 3.05) is 0 Å². The molecule has 0 amide bonds. The molecule has 162 valence electrons. The second-order valence-electron chi connectivity index (χ2n) is 10.3. The highest BCUT2D eigenvalue weighted by Gasteiger charge is 2.50. The smallest absolute Gasteiger partial charge is 0.333 e. The number of carbonyl (C=O) groups excluding carboxylic acids is 1. The third-order valence-electron chi connectivity index (χ3n) is 8.08. The molecule has 4 heteroatoms. The molecule has 0 aromatic carbocycles. The Labute approximate surface area is 175 Å². The van der Waals surface area contributed by atoms with Crippen molar-refractivity contribution in [3.8, 4) is 0 Å². The maximum absolute atomic E-state index is 11.5. The molecule has 0 spiro atoms. The SMILES string of the molecule is C=C(C)CCC[C@@]1(C)CCC=C2[C@@H]1CC[C@@H](C)[C@]2(C)C[C@H](O)C1=CC(=O)OC1O. The Bertz CT molecular complexity index is 720. The minimum Gasteiger partial charge on any atom is -0.429 e. The van der Waals surface area contributed by atoms with Crippen LogP contribution < -0.4 is 0 Å². The summed E-state index contributed by atoms with van der Waals surface area (Å²) in [5, 5.41) is 20.9. The number of aliphatic hydroxyl groups excluding tert-OH is 2. The van der Waals surface area contributed by atoms with E-state index in [4.69, 9.17) is 4.74 Å².